The van der Waals surface area contributed by atoms with Crippen molar-refractivity contribution in [1.82, 2.24) is 18.4 Å². The lowest BCUT2D eigenvalue weighted by molar-refractivity contribution is 0.0696. The van der Waals surface area contributed by atoms with Crippen LogP contribution in [0.1, 0.15) is 25.8 Å². The van der Waals surface area contributed by atoms with E-state index in [4.69, 9.17) is 4.42 Å². The molecule has 1 N–H and O–H groups in total. The fourth-order valence-corrected chi connectivity index (χ4v) is 6.40. The maximum absolute atomic E-state index is 13.1. The van der Waals surface area contributed by atoms with Crippen molar-refractivity contribution in [3.63, 3.8) is 0 Å². The number of aryl methyl sites for hydroxylation is 1. The van der Waals surface area contributed by atoms with Crippen LogP contribution in [0.3, 0.4) is 0 Å². The Morgan fingerprint density at radius 1 is 1.03 bits per heavy atom. The second-order valence-corrected chi connectivity index (χ2v) is 10.9. The van der Waals surface area contributed by atoms with Crippen LogP contribution in [-0.4, -0.2) is 98.0 Å². The Morgan fingerprint density at radius 3 is 2.25 bits per heavy atom. The van der Waals surface area contributed by atoms with Crippen LogP contribution in [0.25, 0.3) is 0 Å². The lowest BCUT2D eigenvalue weighted by Gasteiger charge is -2.39. The zero-order valence-corrected chi connectivity index (χ0v) is 19.7. The molecule has 0 radical (unpaired) electrons. The molecule has 2 aromatic heterocycles. The summed E-state index contributed by atoms with van der Waals surface area (Å²) in [5.41, 5.74) is 0.766. The van der Waals surface area contributed by atoms with Gasteiger partial charge in [-0.3, -0.25) is 9.59 Å². The molecule has 12 heteroatoms. The fourth-order valence-electron chi connectivity index (χ4n) is 3.78. The Morgan fingerprint density at radius 2 is 1.66 bits per heavy atom. The number of hydrogen-bond acceptors (Lipinski definition) is 7. The Hall–Kier alpha value is -2.25. The van der Waals surface area contributed by atoms with Crippen molar-refractivity contribution in [2.24, 2.45) is 0 Å². The number of nitrogens with zero attached hydrogens (tertiary/aromatic N) is 4. The minimum Gasteiger partial charge on any atom is -0.459 e. The first-order valence-corrected chi connectivity index (χ1v) is 12.7. The number of nitrogens with one attached hydrogen (secondary N) is 1. The maximum atomic E-state index is 13.1. The SMILES string of the molecule is Cc1cc(NC(=O)c2ccco2)sc1C(=O)N1CCN(S(=O)(=O)N2CCN(C)CC2)CC1. The van der Waals surface area contributed by atoms with Gasteiger partial charge in [0.15, 0.2) is 5.76 Å². The molecule has 0 unspecified atom stereocenters. The number of likely N-dealkylation sites (N-methyl/N-ethyl adjacent to an activating group) is 1. The molecule has 0 aromatic carbocycles. The molecule has 10 nitrogen and oxygen atoms in total. The summed E-state index contributed by atoms with van der Waals surface area (Å²) in [6, 6.07) is 4.96. The van der Waals surface area contributed by atoms with Crippen molar-refractivity contribution in [2.45, 2.75) is 6.92 Å². The Bertz CT molecular complexity index is 1070. The highest BCUT2D eigenvalue weighted by molar-refractivity contribution is 7.86. The first-order chi connectivity index (χ1) is 15.3. The topological polar surface area (TPSA) is 106 Å². The molecular formula is C20H27N5O5S2. The van der Waals surface area contributed by atoms with E-state index in [0.29, 0.717) is 49.1 Å². The van der Waals surface area contributed by atoms with Crippen LogP contribution in [-0.2, 0) is 10.2 Å². The van der Waals surface area contributed by atoms with Gasteiger partial charge in [-0.05, 0) is 37.7 Å². The summed E-state index contributed by atoms with van der Waals surface area (Å²) < 4.78 is 34.0. The second-order valence-electron chi connectivity index (χ2n) is 7.96. The van der Waals surface area contributed by atoms with Crippen LogP contribution in [0.2, 0.25) is 0 Å². The van der Waals surface area contributed by atoms with E-state index in [-0.39, 0.29) is 30.7 Å². The summed E-state index contributed by atoms with van der Waals surface area (Å²) in [5.74, 6) is -0.331. The first-order valence-electron chi connectivity index (χ1n) is 10.4. The molecule has 0 spiro atoms. The van der Waals surface area contributed by atoms with E-state index in [0.717, 1.165) is 5.56 Å². The molecule has 2 fully saturated rings. The van der Waals surface area contributed by atoms with Gasteiger partial charge in [0.1, 0.15) is 0 Å². The van der Waals surface area contributed by atoms with Gasteiger partial charge in [0.25, 0.3) is 22.0 Å². The van der Waals surface area contributed by atoms with Gasteiger partial charge in [0, 0.05) is 52.4 Å². The number of piperazine rings is 2. The van der Waals surface area contributed by atoms with E-state index in [1.54, 1.807) is 23.1 Å². The van der Waals surface area contributed by atoms with E-state index in [9.17, 15) is 18.0 Å². The summed E-state index contributed by atoms with van der Waals surface area (Å²) in [6.07, 6.45) is 1.42. The molecule has 0 atom stereocenters. The summed E-state index contributed by atoms with van der Waals surface area (Å²) in [7, 11) is -1.53. The monoisotopic (exact) mass is 481 g/mol. The number of carbonyl (C=O) groups is 2. The number of thiophene rings is 1. The Labute approximate surface area is 191 Å². The molecule has 4 rings (SSSR count). The van der Waals surface area contributed by atoms with Crippen molar-refractivity contribution in [1.29, 1.82) is 0 Å². The standard InChI is InChI=1S/C20H27N5O5S2/c1-15-14-17(21-19(26)16-4-3-13-30-16)31-18(15)20(27)23-7-11-25(12-8-23)32(28,29)24-9-5-22(2)6-10-24/h3-4,13-14H,5-12H2,1-2H3,(H,21,26). The third-order valence-electron chi connectivity index (χ3n) is 5.73. The van der Waals surface area contributed by atoms with E-state index >= 15 is 0 Å². The van der Waals surface area contributed by atoms with Gasteiger partial charge < -0.3 is 19.5 Å². The normalized spacial score (nSPS) is 19.2. The molecule has 4 heterocycles. The van der Waals surface area contributed by atoms with Crippen LogP contribution in [0.4, 0.5) is 5.00 Å². The summed E-state index contributed by atoms with van der Waals surface area (Å²) >= 11 is 1.21. The number of furan rings is 1. The predicted octanol–water partition coefficient (Wildman–Crippen LogP) is 1.15. The van der Waals surface area contributed by atoms with E-state index in [2.05, 4.69) is 10.2 Å². The second kappa shape index (κ2) is 9.32. The van der Waals surface area contributed by atoms with Crippen molar-refractivity contribution in [3.8, 4) is 0 Å². The largest absolute Gasteiger partial charge is 0.459 e. The van der Waals surface area contributed by atoms with Crippen LogP contribution in [0.5, 0.6) is 0 Å². The molecule has 2 amide bonds. The van der Waals surface area contributed by atoms with E-state index < -0.39 is 10.2 Å². The first kappa shape index (κ1) is 22.9. The van der Waals surface area contributed by atoms with Crippen molar-refractivity contribution < 1.29 is 22.4 Å². The highest BCUT2D eigenvalue weighted by Crippen LogP contribution is 2.29. The lowest BCUT2D eigenvalue weighted by Crippen LogP contribution is -2.57. The Kier molecular flexibility index (Phi) is 6.67. The van der Waals surface area contributed by atoms with Gasteiger partial charge in [-0.25, -0.2) is 0 Å². The highest BCUT2D eigenvalue weighted by Gasteiger charge is 2.35. The molecule has 0 aliphatic carbocycles. The Balaban J connectivity index is 1.36. The molecular weight excluding hydrogens is 454 g/mol. The summed E-state index contributed by atoms with van der Waals surface area (Å²) in [4.78, 5) is 29.6. The molecule has 2 aliphatic rings. The quantitative estimate of drug-likeness (QED) is 0.687. The fraction of sp³-hybridized carbons (Fsp3) is 0.500. The van der Waals surface area contributed by atoms with Gasteiger partial charge in [-0.15, -0.1) is 11.3 Å². The van der Waals surface area contributed by atoms with Gasteiger partial charge in [-0.2, -0.15) is 17.0 Å². The molecule has 0 saturated carbocycles. The number of amides is 2. The van der Waals surface area contributed by atoms with E-state index in [1.165, 1.54) is 26.2 Å². The van der Waals surface area contributed by atoms with Gasteiger partial charge >= 0.3 is 0 Å². The van der Waals surface area contributed by atoms with Crippen LogP contribution in [0, 0.1) is 6.92 Å². The van der Waals surface area contributed by atoms with Gasteiger partial charge in [0.2, 0.25) is 0 Å². The smallest absolute Gasteiger partial charge is 0.291 e. The molecule has 0 bridgehead atoms. The summed E-state index contributed by atoms with van der Waals surface area (Å²) in [5, 5.41) is 3.31. The minimum atomic E-state index is -3.51. The molecule has 2 aromatic rings. The van der Waals surface area contributed by atoms with Crippen LogP contribution < -0.4 is 5.32 Å². The molecule has 32 heavy (non-hydrogen) atoms. The maximum Gasteiger partial charge on any atom is 0.291 e. The van der Waals surface area contributed by atoms with Gasteiger partial charge in [0.05, 0.1) is 16.1 Å². The third kappa shape index (κ3) is 4.74. The number of carbonyl (C=O) groups excluding carboxylic acids is 2. The van der Waals surface area contributed by atoms with Crippen molar-refractivity contribution in [2.75, 3.05) is 64.7 Å². The van der Waals surface area contributed by atoms with E-state index in [1.807, 2.05) is 14.0 Å². The molecule has 2 aliphatic heterocycles. The lowest BCUT2D eigenvalue weighted by atomic mass is 10.2. The van der Waals surface area contributed by atoms with Crippen molar-refractivity contribution >= 4 is 38.4 Å². The number of anilines is 1. The molecule has 174 valence electrons. The number of hydrogen-bond donors (Lipinski definition) is 1. The van der Waals surface area contributed by atoms with Gasteiger partial charge in [-0.1, -0.05) is 0 Å². The van der Waals surface area contributed by atoms with Crippen LogP contribution >= 0.6 is 11.3 Å². The minimum absolute atomic E-state index is 0.150. The highest BCUT2D eigenvalue weighted by atomic mass is 32.2. The predicted molar refractivity (Wildman–Crippen MR) is 121 cm³/mol. The average molecular weight is 482 g/mol. The third-order valence-corrected chi connectivity index (χ3v) is 8.91. The zero-order valence-electron chi connectivity index (χ0n) is 18.1. The van der Waals surface area contributed by atoms with Crippen molar-refractivity contribution in [3.05, 3.63) is 40.7 Å². The van der Waals surface area contributed by atoms with Crippen LogP contribution in [0.15, 0.2) is 28.9 Å². The number of rotatable bonds is 5. The summed E-state index contributed by atoms with van der Waals surface area (Å²) in [6.45, 7) is 5.43. The zero-order chi connectivity index (χ0) is 22.9. The molecule has 2 saturated heterocycles. The average Bonchev–Trinajstić information content (AvgIpc) is 3.44.